The van der Waals surface area contributed by atoms with Gasteiger partial charge in [-0.3, -0.25) is 4.79 Å². The van der Waals surface area contributed by atoms with Gasteiger partial charge in [0.1, 0.15) is 17.3 Å². The first-order chi connectivity index (χ1) is 15.3. The van der Waals surface area contributed by atoms with E-state index in [-0.39, 0.29) is 11.9 Å². The molecule has 1 aromatic heterocycles. The van der Waals surface area contributed by atoms with Crippen molar-refractivity contribution in [3.05, 3.63) is 41.3 Å². The first-order valence-corrected chi connectivity index (χ1v) is 11.2. The van der Waals surface area contributed by atoms with E-state index in [1.165, 1.54) is 5.56 Å². The van der Waals surface area contributed by atoms with Gasteiger partial charge in [0, 0.05) is 32.2 Å². The molecule has 4 rings (SSSR count). The number of methoxy groups -OCH3 is 1. The SMILES string of the molecule is CNc1nc([C@H]2CCCN2C(=O)C(C)(C)Oc2ccc(OC)cc2)nc2c1CCN(C)C2. The second-order valence-corrected chi connectivity index (χ2v) is 9.04. The smallest absolute Gasteiger partial charge is 0.266 e. The number of likely N-dealkylation sites (tertiary alicyclic amines) is 1. The van der Waals surface area contributed by atoms with Crippen LogP contribution < -0.4 is 14.8 Å². The molecular weight excluding hydrogens is 406 g/mol. The van der Waals surface area contributed by atoms with Crippen LogP contribution in [-0.4, -0.2) is 65.6 Å². The number of benzene rings is 1. The summed E-state index contributed by atoms with van der Waals surface area (Å²) in [6, 6.07) is 7.14. The molecule has 0 aliphatic carbocycles. The standard InChI is InChI=1S/C24H33N5O3/c1-24(2,32-17-10-8-16(31-5)9-11-17)23(30)29-13-6-7-20(29)22-26-19-15-28(4)14-12-18(19)21(25-3)27-22/h8-11,20H,6-7,12-15H2,1-5H3,(H,25,26,27)/t20-/m1/s1. The monoisotopic (exact) mass is 439 g/mol. The van der Waals surface area contributed by atoms with Gasteiger partial charge in [0.25, 0.3) is 5.91 Å². The molecule has 0 saturated carbocycles. The Morgan fingerprint density at radius 2 is 1.88 bits per heavy atom. The van der Waals surface area contributed by atoms with Crippen LogP contribution in [0.3, 0.4) is 0 Å². The number of nitrogens with one attached hydrogen (secondary N) is 1. The average molecular weight is 440 g/mol. The lowest BCUT2D eigenvalue weighted by molar-refractivity contribution is -0.146. The Morgan fingerprint density at radius 1 is 1.16 bits per heavy atom. The van der Waals surface area contributed by atoms with E-state index >= 15 is 0 Å². The van der Waals surface area contributed by atoms with Crippen molar-refractivity contribution >= 4 is 11.7 Å². The predicted octanol–water partition coefficient (Wildman–Crippen LogP) is 3.04. The number of ether oxygens (including phenoxy) is 2. The third-order valence-electron chi connectivity index (χ3n) is 6.27. The largest absolute Gasteiger partial charge is 0.497 e. The van der Waals surface area contributed by atoms with Gasteiger partial charge in [0.15, 0.2) is 11.4 Å². The summed E-state index contributed by atoms with van der Waals surface area (Å²) in [7, 11) is 5.62. The maximum atomic E-state index is 13.6. The fourth-order valence-corrected chi connectivity index (χ4v) is 4.54. The molecule has 1 aromatic carbocycles. The molecule has 8 nitrogen and oxygen atoms in total. The molecule has 172 valence electrons. The number of carbonyl (C=O) groups excluding carboxylic acids is 1. The summed E-state index contributed by atoms with van der Waals surface area (Å²) in [4.78, 5) is 27.5. The Morgan fingerprint density at radius 3 is 2.56 bits per heavy atom. The van der Waals surface area contributed by atoms with Crippen LogP contribution in [0.15, 0.2) is 24.3 Å². The van der Waals surface area contributed by atoms with E-state index in [2.05, 4.69) is 17.3 Å². The highest BCUT2D eigenvalue weighted by atomic mass is 16.5. The Labute approximate surface area is 189 Å². The number of fused-ring (bicyclic) bond motifs is 1. The van der Waals surface area contributed by atoms with Crippen LogP contribution in [-0.2, 0) is 17.8 Å². The second kappa shape index (κ2) is 8.94. The summed E-state index contributed by atoms with van der Waals surface area (Å²) in [6.07, 6.45) is 2.70. The Kier molecular flexibility index (Phi) is 6.24. The van der Waals surface area contributed by atoms with E-state index in [0.29, 0.717) is 12.3 Å². The zero-order valence-corrected chi connectivity index (χ0v) is 19.6. The van der Waals surface area contributed by atoms with E-state index in [1.807, 2.05) is 50.1 Å². The number of likely N-dealkylation sites (N-methyl/N-ethyl adjacent to an activating group) is 1. The first kappa shape index (κ1) is 22.3. The van der Waals surface area contributed by atoms with Gasteiger partial charge in [-0.15, -0.1) is 0 Å². The highest BCUT2D eigenvalue weighted by Gasteiger charge is 2.41. The number of hydrogen-bond acceptors (Lipinski definition) is 7. The Bertz CT molecular complexity index is 976. The summed E-state index contributed by atoms with van der Waals surface area (Å²) in [5.74, 6) is 2.92. The number of anilines is 1. The van der Waals surface area contributed by atoms with Gasteiger partial charge in [-0.1, -0.05) is 0 Å². The van der Waals surface area contributed by atoms with Crippen LogP contribution in [0.2, 0.25) is 0 Å². The highest BCUT2D eigenvalue weighted by Crippen LogP contribution is 2.35. The third-order valence-corrected chi connectivity index (χ3v) is 6.27. The number of aromatic nitrogens is 2. The summed E-state index contributed by atoms with van der Waals surface area (Å²) in [5, 5.41) is 3.24. The number of nitrogens with zero attached hydrogens (tertiary/aromatic N) is 4. The molecule has 0 bridgehead atoms. The number of amides is 1. The third kappa shape index (κ3) is 4.37. The van der Waals surface area contributed by atoms with Crippen LogP contribution in [0.1, 0.15) is 49.8 Å². The lowest BCUT2D eigenvalue weighted by atomic mass is 10.0. The molecule has 2 aliphatic heterocycles. The van der Waals surface area contributed by atoms with Crippen LogP contribution >= 0.6 is 0 Å². The van der Waals surface area contributed by atoms with Crippen molar-refractivity contribution in [2.24, 2.45) is 0 Å². The van der Waals surface area contributed by atoms with Crippen molar-refractivity contribution in [1.82, 2.24) is 19.8 Å². The zero-order valence-electron chi connectivity index (χ0n) is 19.6. The van der Waals surface area contributed by atoms with E-state index in [4.69, 9.17) is 19.4 Å². The van der Waals surface area contributed by atoms with Crippen LogP contribution in [0, 0.1) is 0 Å². The molecule has 0 spiro atoms. The minimum Gasteiger partial charge on any atom is -0.497 e. The van der Waals surface area contributed by atoms with Crippen molar-refractivity contribution < 1.29 is 14.3 Å². The fourth-order valence-electron chi connectivity index (χ4n) is 4.54. The zero-order chi connectivity index (χ0) is 22.9. The first-order valence-electron chi connectivity index (χ1n) is 11.2. The van der Waals surface area contributed by atoms with Crippen molar-refractivity contribution in [2.75, 3.05) is 39.6 Å². The highest BCUT2D eigenvalue weighted by molar-refractivity contribution is 5.85. The van der Waals surface area contributed by atoms with Gasteiger partial charge in [0.2, 0.25) is 0 Å². The molecular formula is C24H33N5O3. The summed E-state index contributed by atoms with van der Waals surface area (Å²) < 4.78 is 11.3. The van der Waals surface area contributed by atoms with Gasteiger partial charge in [-0.05, 0) is 64.4 Å². The Hall–Kier alpha value is -2.87. The summed E-state index contributed by atoms with van der Waals surface area (Å²) in [5.41, 5.74) is 1.23. The molecule has 0 radical (unpaired) electrons. The molecule has 1 atom stereocenters. The van der Waals surface area contributed by atoms with E-state index in [1.54, 1.807) is 7.11 Å². The second-order valence-electron chi connectivity index (χ2n) is 9.04. The van der Waals surface area contributed by atoms with Crippen LogP contribution in [0.25, 0.3) is 0 Å². The van der Waals surface area contributed by atoms with Gasteiger partial charge in [-0.25, -0.2) is 9.97 Å². The maximum absolute atomic E-state index is 13.6. The van der Waals surface area contributed by atoms with Gasteiger partial charge >= 0.3 is 0 Å². The molecule has 2 aliphatic rings. The average Bonchev–Trinajstić information content (AvgIpc) is 3.27. The van der Waals surface area contributed by atoms with E-state index in [0.717, 1.165) is 55.4 Å². The predicted molar refractivity (Wildman–Crippen MR) is 123 cm³/mol. The maximum Gasteiger partial charge on any atom is 0.266 e. The number of rotatable bonds is 6. The van der Waals surface area contributed by atoms with Crippen molar-refractivity contribution in [3.63, 3.8) is 0 Å². The quantitative estimate of drug-likeness (QED) is 0.741. The normalized spacial score (nSPS) is 18.9. The van der Waals surface area contributed by atoms with Crippen LogP contribution in [0.5, 0.6) is 11.5 Å². The molecule has 1 saturated heterocycles. The molecule has 2 aromatic rings. The van der Waals surface area contributed by atoms with Crippen molar-refractivity contribution in [3.8, 4) is 11.5 Å². The van der Waals surface area contributed by atoms with Crippen molar-refractivity contribution in [2.45, 2.75) is 51.3 Å². The van der Waals surface area contributed by atoms with Crippen molar-refractivity contribution in [1.29, 1.82) is 0 Å². The number of hydrogen-bond donors (Lipinski definition) is 1. The molecule has 0 unspecified atom stereocenters. The minimum absolute atomic E-state index is 0.0553. The number of carbonyl (C=O) groups is 1. The van der Waals surface area contributed by atoms with Gasteiger partial charge in [0.05, 0.1) is 18.8 Å². The van der Waals surface area contributed by atoms with E-state index in [9.17, 15) is 4.79 Å². The molecule has 3 heterocycles. The molecule has 1 amide bonds. The fraction of sp³-hybridized carbons (Fsp3) is 0.542. The topological polar surface area (TPSA) is 79.8 Å². The lowest BCUT2D eigenvalue weighted by Crippen LogP contribution is -2.48. The van der Waals surface area contributed by atoms with Gasteiger partial charge < -0.3 is 24.6 Å². The molecule has 1 N–H and O–H groups in total. The van der Waals surface area contributed by atoms with Gasteiger partial charge in [-0.2, -0.15) is 0 Å². The Balaban J connectivity index is 1.57. The minimum atomic E-state index is -1.02. The molecule has 8 heteroatoms. The van der Waals surface area contributed by atoms with Crippen LogP contribution in [0.4, 0.5) is 5.82 Å². The van der Waals surface area contributed by atoms with E-state index < -0.39 is 5.60 Å². The molecule has 32 heavy (non-hydrogen) atoms. The summed E-state index contributed by atoms with van der Waals surface area (Å²) >= 11 is 0. The molecule has 1 fully saturated rings. The lowest BCUT2D eigenvalue weighted by Gasteiger charge is -2.33. The summed E-state index contributed by atoms with van der Waals surface area (Å²) in [6.45, 7) is 6.10.